The second kappa shape index (κ2) is 12.7. The zero-order valence-electron chi connectivity index (χ0n) is 20.3. The maximum absolute atomic E-state index is 12.2. The van der Waals surface area contributed by atoms with Crippen molar-refractivity contribution in [3.05, 3.63) is 89.0 Å². The zero-order chi connectivity index (χ0) is 25.9. The second-order valence-electron chi connectivity index (χ2n) is 7.86. The van der Waals surface area contributed by atoms with Crippen LogP contribution in [0.3, 0.4) is 0 Å². The first-order chi connectivity index (χ1) is 17.4. The number of benzene rings is 3. The first-order valence-electron chi connectivity index (χ1n) is 11.2. The summed E-state index contributed by atoms with van der Waals surface area (Å²) in [7, 11) is 1.47. The molecule has 3 aromatic rings. The van der Waals surface area contributed by atoms with Crippen LogP contribution in [0.15, 0.2) is 71.8 Å². The van der Waals surface area contributed by atoms with Crippen molar-refractivity contribution in [3.63, 3.8) is 0 Å². The van der Waals surface area contributed by atoms with Gasteiger partial charge in [-0.3, -0.25) is 14.4 Å². The smallest absolute Gasteiger partial charge is 0.329 e. The van der Waals surface area contributed by atoms with E-state index in [0.717, 1.165) is 16.7 Å². The summed E-state index contributed by atoms with van der Waals surface area (Å²) in [5, 5.41) is 9.19. The van der Waals surface area contributed by atoms with Crippen LogP contribution in [-0.2, 0) is 20.9 Å². The standard InChI is InChI=1S/C27H28N4O5/c1-18-8-7-11-22(19(18)2)30-26(33)27(34)31-29-16-21-12-13-23(24(14-21)35-3)36-17-25(32)28-15-20-9-5-4-6-10-20/h4-14,16H,15,17H2,1-3H3,(H,28,32)(H,30,33)(H,31,34)/b29-16-. The summed E-state index contributed by atoms with van der Waals surface area (Å²) < 4.78 is 10.9. The first-order valence-corrected chi connectivity index (χ1v) is 11.2. The molecule has 186 valence electrons. The molecule has 0 aromatic heterocycles. The Hall–Kier alpha value is -4.66. The third-order valence-corrected chi connectivity index (χ3v) is 5.32. The summed E-state index contributed by atoms with van der Waals surface area (Å²) in [6.07, 6.45) is 1.36. The van der Waals surface area contributed by atoms with E-state index in [0.29, 0.717) is 29.3 Å². The fourth-order valence-corrected chi connectivity index (χ4v) is 3.16. The number of hydrogen-bond acceptors (Lipinski definition) is 6. The Morgan fingerprint density at radius 3 is 2.44 bits per heavy atom. The van der Waals surface area contributed by atoms with Gasteiger partial charge in [0, 0.05) is 12.2 Å². The molecule has 0 atom stereocenters. The molecule has 36 heavy (non-hydrogen) atoms. The fourth-order valence-electron chi connectivity index (χ4n) is 3.16. The van der Waals surface area contributed by atoms with Gasteiger partial charge in [0.15, 0.2) is 18.1 Å². The van der Waals surface area contributed by atoms with Crippen LogP contribution in [0.4, 0.5) is 5.69 Å². The van der Waals surface area contributed by atoms with Crippen LogP contribution in [0.1, 0.15) is 22.3 Å². The number of amides is 3. The number of hydrogen-bond donors (Lipinski definition) is 3. The molecule has 0 bridgehead atoms. The van der Waals surface area contributed by atoms with E-state index in [1.807, 2.05) is 50.2 Å². The summed E-state index contributed by atoms with van der Waals surface area (Å²) in [6, 6.07) is 19.9. The predicted octanol–water partition coefficient (Wildman–Crippen LogP) is 3.10. The van der Waals surface area contributed by atoms with Crippen molar-refractivity contribution < 1.29 is 23.9 Å². The van der Waals surface area contributed by atoms with Gasteiger partial charge >= 0.3 is 11.8 Å². The zero-order valence-corrected chi connectivity index (χ0v) is 20.3. The summed E-state index contributed by atoms with van der Waals surface area (Å²) >= 11 is 0. The molecule has 9 nitrogen and oxygen atoms in total. The Labute approximate surface area is 209 Å². The van der Waals surface area contributed by atoms with Gasteiger partial charge in [0.25, 0.3) is 5.91 Å². The molecule has 0 radical (unpaired) electrons. The Kier molecular flexibility index (Phi) is 9.16. The van der Waals surface area contributed by atoms with Gasteiger partial charge in [0.2, 0.25) is 0 Å². The highest BCUT2D eigenvalue weighted by Gasteiger charge is 2.14. The van der Waals surface area contributed by atoms with Crippen LogP contribution in [0.2, 0.25) is 0 Å². The van der Waals surface area contributed by atoms with E-state index in [4.69, 9.17) is 9.47 Å². The van der Waals surface area contributed by atoms with Crippen LogP contribution in [0, 0.1) is 13.8 Å². The maximum atomic E-state index is 12.2. The molecule has 0 saturated heterocycles. The van der Waals surface area contributed by atoms with Crippen molar-refractivity contribution in [1.82, 2.24) is 10.7 Å². The summed E-state index contributed by atoms with van der Waals surface area (Å²) in [6.45, 7) is 4.01. The van der Waals surface area contributed by atoms with Gasteiger partial charge in [0.05, 0.1) is 13.3 Å². The number of carbonyl (C=O) groups is 3. The molecule has 3 aromatic carbocycles. The number of nitrogens with zero attached hydrogens (tertiary/aromatic N) is 1. The average Bonchev–Trinajstić information content (AvgIpc) is 2.89. The number of anilines is 1. The average molecular weight is 489 g/mol. The van der Waals surface area contributed by atoms with E-state index in [-0.39, 0.29) is 12.5 Å². The van der Waals surface area contributed by atoms with Crippen LogP contribution >= 0.6 is 0 Å². The van der Waals surface area contributed by atoms with Gasteiger partial charge in [0.1, 0.15) is 0 Å². The van der Waals surface area contributed by atoms with E-state index in [1.165, 1.54) is 13.3 Å². The Morgan fingerprint density at radius 1 is 0.917 bits per heavy atom. The quantitative estimate of drug-likeness (QED) is 0.243. The molecule has 3 rings (SSSR count). The minimum absolute atomic E-state index is 0.178. The minimum atomic E-state index is -0.902. The molecule has 0 aliphatic carbocycles. The monoisotopic (exact) mass is 488 g/mol. The van der Waals surface area contributed by atoms with E-state index in [9.17, 15) is 14.4 Å². The molecule has 0 aliphatic heterocycles. The second-order valence-corrected chi connectivity index (χ2v) is 7.86. The van der Waals surface area contributed by atoms with Gasteiger partial charge in [-0.2, -0.15) is 5.10 Å². The summed E-state index contributed by atoms with van der Waals surface area (Å²) in [5.41, 5.74) is 6.22. The Balaban J connectivity index is 1.50. The molecule has 9 heteroatoms. The molecule has 0 saturated carbocycles. The minimum Gasteiger partial charge on any atom is -0.493 e. The lowest BCUT2D eigenvalue weighted by atomic mass is 10.1. The number of methoxy groups -OCH3 is 1. The van der Waals surface area contributed by atoms with Gasteiger partial charge in [-0.25, -0.2) is 5.43 Å². The Bertz CT molecular complexity index is 1260. The van der Waals surface area contributed by atoms with Gasteiger partial charge < -0.3 is 20.1 Å². The van der Waals surface area contributed by atoms with Crippen molar-refractivity contribution in [1.29, 1.82) is 0 Å². The van der Waals surface area contributed by atoms with E-state index in [1.54, 1.807) is 30.3 Å². The van der Waals surface area contributed by atoms with E-state index < -0.39 is 11.8 Å². The lowest BCUT2D eigenvalue weighted by Crippen LogP contribution is -2.32. The SMILES string of the molecule is COc1cc(/C=N\NC(=O)C(=O)Nc2cccc(C)c2C)ccc1OCC(=O)NCc1ccccc1. The van der Waals surface area contributed by atoms with Crippen LogP contribution in [-0.4, -0.2) is 37.7 Å². The molecular formula is C27H28N4O5. The lowest BCUT2D eigenvalue weighted by molar-refractivity contribution is -0.136. The third-order valence-electron chi connectivity index (χ3n) is 5.32. The van der Waals surface area contributed by atoms with Crippen molar-refractivity contribution in [2.24, 2.45) is 5.10 Å². The van der Waals surface area contributed by atoms with E-state index in [2.05, 4.69) is 21.2 Å². The number of nitrogens with one attached hydrogen (secondary N) is 3. The normalized spacial score (nSPS) is 10.5. The number of carbonyl (C=O) groups excluding carboxylic acids is 3. The molecule has 0 heterocycles. The highest BCUT2D eigenvalue weighted by Crippen LogP contribution is 2.27. The third kappa shape index (κ3) is 7.42. The molecular weight excluding hydrogens is 460 g/mol. The number of rotatable bonds is 9. The highest BCUT2D eigenvalue weighted by molar-refractivity contribution is 6.39. The number of aryl methyl sites for hydroxylation is 1. The largest absolute Gasteiger partial charge is 0.493 e. The van der Waals surface area contributed by atoms with Crippen LogP contribution < -0.4 is 25.5 Å². The number of hydrazone groups is 1. The Morgan fingerprint density at radius 2 is 1.69 bits per heavy atom. The van der Waals surface area contributed by atoms with Crippen molar-refractivity contribution in [2.45, 2.75) is 20.4 Å². The fraction of sp³-hybridized carbons (Fsp3) is 0.185. The first kappa shape index (κ1) is 26.0. The molecule has 0 fully saturated rings. The predicted molar refractivity (Wildman–Crippen MR) is 137 cm³/mol. The van der Waals surface area contributed by atoms with Gasteiger partial charge in [-0.1, -0.05) is 42.5 Å². The molecule has 0 spiro atoms. The van der Waals surface area contributed by atoms with Crippen LogP contribution in [0.25, 0.3) is 0 Å². The van der Waals surface area contributed by atoms with Gasteiger partial charge in [-0.05, 0) is 60.4 Å². The van der Waals surface area contributed by atoms with Crippen molar-refractivity contribution >= 4 is 29.6 Å². The molecule has 3 N–H and O–H groups in total. The highest BCUT2D eigenvalue weighted by atomic mass is 16.5. The van der Waals surface area contributed by atoms with Gasteiger partial charge in [-0.15, -0.1) is 0 Å². The lowest BCUT2D eigenvalue weighted by Gasteiger charge is -2.11. The molecule has 3 amide bonds. The topological polar surface area (TPSA) is 118 Å². The van der Waals surface area contributed by atoms with Crippen LogP contribution in [0.5, 0.6) is 11.5 Å². The summed E-state index contributed by atoms with van der Waals surface area (Å²) in [4.78, 5) is 36.3. The maximum Gasteiger partial charge on any atom is 0.329 e. The number of ether oxygens (including phenoxy) is 2. The molecule has 0 aliphatic rings. The van der Waals surface area contributed by atoms with E-state index >= 15 is 0 Å². The molecule has 0 unspecified atom stereocenters. The van der Waals surface area contributed by atoms with Crippen molar-refractivity contribution in [2.75, 3.05) is 19.0 Å². The summed E-state index contributed by atoms with van der Waals surface area (Å²) in [5.74, 6) is -1.24. The van der Waals surface area contributed by atoms with Crippen molar-refractivity contribution in [3.8, 4) is 11.5 Å².